The van der Waals surface area contributed by atoms with Crippen molar-refractivity contribution >= 4 is 17.5 Å². The minimum absolute atomic E-state index is 0.0231. The summed E-state index contributed by atoms with van der Waals surface area (Å²) in [5, 5.41) is 23.7. The van der Waals surface area contributed by atoms with Crippen LogP contribution in [-0.2, 0) is 19.1 Å². The van der Waals surface area contributed by atoms with Crippen LogP contribution < -0.4 is 15.4 Å². The summed E-state index contributed by atoms with van der Waals surface area (Å²) in [5.74, 6) is 0.460. The molecule has 210 valence electrons. The third kappa shape index (κ3) is 6.42. The molecule has 0 spiro atoms. The number of hydrogen-bond donors (Lipinski definition) is 3. The van der Waals surface area contributed by atoms with E-state index in [2.05, 4.69) is 25.8 Å². The van der Waals surface area contributed by atoms with Crippen molar-refractivity contribution in [3.05, 3.63) is 96.3 Å². The van der Waals surface area contributed by atoms with E-state index in [0.29, 0.717) is 28.5 Å². The molecule has 10 nitrogen and oxygen atoms in total. The Labute approximate surface area is 236 Å². The van der Waals surface area contributed by atoms with Crippen LogP contribution in [0.2, 0.25) is 0 Å². The van der Waals surface area contributed by atoms with Gasteiger partial charge in [-0.1, -0.05) is 32.9 Å². The highest BCUT2D eigenvalue weighted by atomic mass is 19.1. The maximum Gasteiger partial charge on any atom is 0.324 e. The fourth-order valence-corrected chi connectivity index (χ4v) is 4.07. The van der Waals surface area contributed by atoms with Gasteiger partial charge in [0.1, 0.15) is 23.1 Å². The molecule has 0 saturated heterocycles. The van der Waals surface area contributed by atoms with Gasteiger partial charge in [0, 0.05) is 48.6 Å². The second kappa shape index (κ2) is 11.2. The Kier molecular flexibility index (Phi) is 7.54. The summed E-state index contributed by atoms with van der Waals surface area (Å²) in [6.45, 7) is 5.91. The number of halogens is 1. The number of carbonyl (C=O) groups is 1. The fraction of sp³-hybridized carbons (Fsp3) is 0.200. The summed E-state index contributed by atoms with van der Waals surface area (Å²) in [6.07, 6.45) is 5.13. The minimum Gasteiger partial charge on any atom is -0.457 e. The number of hydrogen-bond acceptors (Lipinski definition) is 6. The average Bonchev–Trinajstić information content (AvgIpc) is 3.57. The van der Waals surface area contributed by atoms with Crippen molar-refractivity contribution in [3.63, 3.8) is 0 Å². The average molecular weight is 556 g/mol. The van der Waals surface area contributed by atoms with Gasteiger partial charge in [0.15, 0.2) is 0 Å². The Morgan fingerprint density at radius 3 is 2.56 bits per heavy atom. The first-order chi connectivity index (χ1) is 19.6. The minimum atomic E-state index is -0.668. The molecule has 5 rings (SSSR count). The summed E-state index contributed by atoms with van der Waals surface area (Å²) >= 11 is 0. The second-order valence-electron chi connectivity index (χ2n) is 10.5. The molecule has 2 amide bonds. The number of ether oxygens (including phenoxy) is 1. The molecule has 0 fully saturated rings. The third-order valence-electron chi connectivity index (χ3n) is 6.21. The highest BCUT2D eigenvalue weighted by molar-refractivity contribution is 5.99. The van der Waals surface area contributed by atoms with Gasteiger partial charge in [-0.3, -0.25) is 15.0 Å². The van der Waals surface area contributed by atoms with E-state index in [4.69, 9.17) is 4.74 Å². The van der Waals surface area contributed by atoms with Crippen molar-refractivity contribution in [2.75, 3.05) is 10.6 Å². The Bertz CT molecular complexity index is 1700. The molecule has 3 N–H and O–H groups in total. The first kappa shape index (κ1) is 27.5. The maximum absolute atomic E-state index is 15.0. The zero-order chi connectivity index (χ0) is 29.1. The second-order valence-corrected chi connectivity index (χ2v) is 10.5. The van der Waals surface area contributed by atoms with Crippen molar-refractivity contribution < 1.29 is 19.0 Å². The predicted octanol–water partition coefficient (Wildman–Crippen LogP) is 6.03. The van der Waals surface area contributed by atoms with E-state index < -0.39 is 11.8 Å². The molecule has 0 aliphatic carbocycles. The Balaban J connectivity index is 1.31. The maximum atomic E-state index is 15.0. The highest BCUT2D eigenvalue weighted by Crippen LogP contribution is 2.29. The monoisotopic (exact) mass is 555 g/mol. The van der Waals surface area contributed by atoms with Gasteiger partial charge >= 0.3 is 6.03 Å². The van der Waals surface area contributed by atoms with Gasteiger partial charge in [-0.25, -0.2) is 13.9 Å². The van der Waals surface area contributed by atoms with Gasteiger partial charge < -0.3 is 15.2 Å². The van der Waals surface area contributed by atoms with Gasteiger partial charge in [-0.05, 0) is 35.9 Å². The number of benzene rings is 2. The van der Waals surface area contributed by atoms with Crippen LogP contribution in [0.15, 0.2) is 79.3 Å². The molecular weight excluding hydrogens is 525 g/mol. The number of carbonyl (C=O) groups excluding carboxylic acids is 1. The topological polar surface area (TPSA) is 119 Å². The quantitative estimate of drug-likeness (QED) is 0.226. The lowest BCUT2D eigenvalue weighted by Crippen LogP contribution is -2.22. The number of nitrogens with zero attached hydrogens (tertiary/aromatic N) is 5. The number of rotatable bonds is 7. The predicted molar refractivity (Wildman–Crippen MR) is 154 cm³/mol. The van der Waals surface area contributed by atoms with Crippen LogP contribution >= 0.6 is 0 Å². The molecule has 0 saturated carbocycles. The Hall–Kier alpha value is -5.03. The molecule has 0 aliphatic rings. The Morgan fingerprint density at radius 2 is 1.85 bits per heavy atom. The molecular formula is C30H30FN7O3. The van der Waals surface area contributed by atoms with Crippen LogP contribution in [-0.4, -0.2) is 35.7 Å². The van der Waals surface area contributed by atoms with Crippen LogP contribution in [0.4, 0.5) is 20.7 Å². The van der Waals surface area contributed by atoms with Crippen LogP contribution in [0.3, 0.4) is 0 Å². The van der Waals surface area contributed by atoms with Crippen LogP contribution in [0.25, 0.3) is 16.9 Å². The molecule has 0 radical (unpaired) electrons. The number of aryl methyl sites for hydroxylation is 1. The van der Waals surface area contributed by atoms with E-state index in [-0.39, 0.29) is 23.5 Å². The molecule has 5 aromatic rings. The number of aliphatic hydroxyl groups excluding tert-OH is 1. The summed E-state index contributed by atoms with van der Waals surface area (Å²) < 4.78 is 24.1. The molecule has 11 heteroatoms. The normalized spacial score (nSPS) is 11.4. The van der Waals surface area contributed by atoms with E-state index in [1.54, 1.807) is 64.2 Å². The van der Waals surface area contributed by atoms with E-state index >= 15 is 0 Å². The first-order valence-electron chi connectivity index (χ1n) is 12.9. The molecule has 3 heterocycles. The van der Waals surface area contributed by atoms with Gasteiger partial charge in [-0.15, -0.1) is 0 Å². The molecule has 0 aliphatic heterocycles. The van der Waals surface area contributed by atoms with Crippen LogP contribution in [0, 0.1) is 5.82 Å². The molecule has 41 heavy (non-hydrogen) atoms. The molecule has 2 aromatic carbocycles. The van der Waals surface area contributed by atoms with Crippen molar-refractivity contribution in [2.45, 2.75) is 32.8 Å². The standard InChI is InChI=1S/C30H30FN7O3/c1-30(2,3)27-15-28(38(36-27)21-7-5-6-19(12-21)18-39)35-29(40)34-25-9-8-22(13-24(25)31)41-23-10-11-32-26(14-23)20-16-33-37(4)17-20/h5-17,39H,18H2,1-4H3,(H2,34,35,40). The summed E-state index contributed by atoms with van der Waals surface area (Å²) in [6, 6.07) is 15.9. The number of pyridine rings is 1. The van der Waals surface area contributed by atoms with Gasteiger partial charge in [0.05, 0.1) is 35.6 Å². The van der Waals surface area contributed by atoms with Gasteiger partial charge in [-0.2, -0.15) is 10.2 Å². The molecule has 0 bridgehead atoms. The number of urea groups is 1. The molecule has 0 atom stereocenters. The van der Waals surface area contributed by atoms with E-state index in [9.17, 15) is 14.3 Å². The zero-order valence-electron chi connectivity index (χ0n) is 23.1. The van der Waals surface area contributed by atoms with Crippen LogP contribution in [0.1, 0.15) is 32.0 Å². The van der Waals surface area contributed by atoms with Crippen molar-refractivity contribution in [1.82, 2.24) is 24.5 Å². The Morgan fingerprint density at radius 1 is 1.05 bits per heavy atom. The summed E-state index contributed by atoms with van der Waals surface area (Å²) in [4.78, 5) is 17.3. The van der Waals surface area contributed by atoms with E-state index in [1.165, 1.54) is 12.1 Å². The molecule has 3 aromatic heterocycles. The fourth-order valence-electron chi connectivity index (χ4n) is 4.07. The zero-order valence-corrected chi connectivity index (χ0v) is 23.1. The number of amides is 2. The molecule has 0 unspecified atom stereocenters. The van der Waals surface area contributed by atoms with Gasteiger partial charge in [0.25, 0.3) is 0 Å². The summed E-state index contributed by atoms with van der Waals surface area (Å²) in [5.41, 5.74) is 3.30. The highest BCUT2D eigenvalue weighted by Gasteiger charge is 2.22. The van der Waals surface area contributed by atoms with Crippen molar-refractivity contribution in [2.24, 2.45) is 7.05 Å². The smallest absolute Gasteiger partial charge is 0.324 e. The lowest BCUT2D eigenvalue weighted by molar-refractivity contribution is 0.262. The number of aliphatic hydroxyl groups is 1. The van der Waals surface area contributed by atoms with Crippen LogP contribution in [0.5, 0.6) is 11.5 Å². The van der Waals surface area contributed by atoms with Crippen molar-refractivity contribution in [1.29, 1.82) is 0 Å². The SMILES string of the molecule is Cn1cc(-c2cc(Oc3ccc(NC(=O)Nc4cc(C(C)(C)C)nn4-c4cccc(CO)c4)c(F)c3)ccn2)cn1. The largest absolute Gasteiger partial charge is 0.457 e. The van der Waals surface area contributed by atoms with E-state index in [1.807, 2.05) is 40.1 Å². The number of nitrogens with one attached hydrogen (secondary N) is 2. The lowest BCUT2D eigenvalue weighted by atomic mass is 9.92. The summed E-state index contributed by atoms with van der Waals surface area (Å²) in [7, 11) is 1.82. The van der Waals surface area contributed by atoms with Gasteiger partial charge in [0.2, 0.25) is 0 Å². The first-order valence-corrected chi connectivity index (χ1v) is 12.9. The number of aromatic nitrogens is 5. The third-order valence-corrected chi connectivity index (χ3v) is 6.21. The lowest BCUT2D eigenvalue weighted by Gasteiger charge is -2.14. The number of anilines is 2. The van der Waals surface area contributed by atoms with Crippen molar-refractivity contribution in [3.8, 4) is 28.4 Å². The van der Waals surface area contributed by atoms with E-state index in [0.717, 1.165) is 11.3 Å².